The van der Waals surface area contributed by atoms with Crippen LogP contribution in [0.15, 0.2) is 23.7 Å². The van der Waals surface area contributed by atoms with Gasteiger partial charge in [0, 0.05) is 11.9 Å². The molecule has 0 aromatic rings. The first-order valence-corrected chi connectivity index (χ1v) is 4.27. The van der Waals surface area contributed by atoms with E-state index in [1.54, 1.807) is 13.1 Å². The maximum absolute atomic E-state index is 11.1. The smallest absolute Gasteiger partial charge is 0.272 e. The summed E-state index contributed by atoms with van der Waals surface area (Å²) in [5.74, 6) is -0.354. The predicted octanol–water partition coefficient (Wildman–Crippen LogP) is 0.565. The van der Waals surface area contributed by atoms with Crippen LogP contribution in [-0.2, 0) is 4.79 Å². The van der Waals surface area contributed by atoms with Gasteiger partial charge in [0.25, 0.3) is 5.91 Å². The molecule has 0 atom stereocenters. The highest BCUT2D eigenvalue weighted by Crippen LogP contribution is 1.90. The lowest BCUT2D eigenvalue weighted by molar-refractivity contribution is -0.116. The number of hydrogen-bond acceptors (Lipinski definition) is 3. The molecular formula is C9H17N3O. The molecule has 0 bridgehead atoms. The van der Waals surface area contributed by atoms with Crippen molar-refractivity contribution in [3.8, 4) is 0 Å². The van der Waals surface area contributed by atoms with Gasteiger partial charge in [-0.3, -0.25) is 4.79 Å². The summed E-state index contributed by atoms with van der Waals surface area (Å²) in [6, 6.07) is 0. The topological polar surface area (TPSA) is 81.1 Å². The van der Waals surface area contributed by atoms with E-state index in [9.17, 15) is 4.79 Å². The maximum Gasteiger partial charge on any atom is 0.272 e. The highest BCUT2D eigenvalue weighted by molar-refractivity contribution is 5.93. The Morgan fingerprint density at radius 1 is 1.46 bits per heavy atom. The van der Waals surface area contributed by atoms with E-state index < -0.39 is 0 Å². The Kier molecular flexibility index (Phi) is 5.43. The van der Waals surface area contributed by atoms with Crippen molar-refractivity contribution in [2.45, 2.75) is 26.7 Å². The van der Waals surface area contributed by atoms with Gasteiger partial charge in [0.1, 0.15) is 5.70 Å². The average Bonchev–Trinajstić information content (AvgIpc) is 2.10. The molecule has 1 amide bonds. The SMILES string of the molecule is CCC/C=C/NC(=O)/C(N)=C(\C)N. The molecule has 0 aromatic heterocycles. The number of carbonyl (C=O) groups is 1. The summed E-state index contributed by atoms with van der Waals surface area (Å²) < 4.78 is 0. The van der Waals surface area contributed by atoms with Crippen molar-refractivity contribution in [1.29, 1.82) is 0 Å². The Morgan fingerprint density at radius 3 is 2.54 bits per heavy atom. The van der Waals surface area contributed by atoms with E-state index in [0.717, 1.165) is 12.8 Å². The molecule has 0 rings (SSSR count). The first-order valence-electron chi connectivity index (χ1n) is 4.27. The van der Waals surface area contributed by atoms with Crippen molar-refractivity contribution < 1.29 is 4.79 Å². The Morgan fingerprint density at radius 2 is 2.08 bits per heavy atom. The van der Waals surface area contributed by atoms with Crippen molar-refractivity contribution >= 4 is 5.91 Å². The molecule has 13 heavy (non-hydrogen) atoms. The maximum atomic E-state index is 11.1. The van der Waals surface area contributed by atoms with Crippen LogP contribution in [0.1, 0.15) is 26.7 Å². The molecule has 0 saturated heterocycles. The molecule has 0 aliphatic carbocycles. The van der Waals surface area contributed by atoms with E-state index in [2.05, 4.69) is 12.2 Å². The largest absolute Gasteiger partial charge is 0.400 e. The summed E-state index contributed by atoms with van der Waals surface area (Å²) in [4.78, 5) is 11.1. The Hall–Kier alpha value is -1.45. The van der Waals surface area contributed by atoms with Crippen LogP contribution in [-0.4, -0.2) is 5.91 Å². The summed E-state index contributed by atoms with van der Waals surface area (Å²) in [6.07, 6.45) is 5.44. The molecule has 4 heteroatoms. The molecule has 0 spiro atoms. The summed E-state index contributed by atoms with van der Waals surface area (Å²) in [5, 5.41) is 2.52. The number of hydrogen-bond donors (Lipinski definition) is 3. The lowest BCUT2D eigenvalue weighted by Gasteiger charge is -2.01. The van der Waals surface area contributed by atoms with Gasteiger partial charge in [-0.15, -0.1) is 0 Å². The second kappa shape index (κ2) is 6.11. The number of nitrogens with one attached hydrogen (secondary N) is 1. The summed E-state index contributed by atoms with van der Waals surface area (Å²) in [6.45, 7) is 3.65. The van der Waals surface area contributed by atoms with Gasteiger partial charge >= 0.3 is 0 Å². The third-order valence-corrected chi connectivity index (χ3v) is 1.46. The van der Waals surface area contributed by atoms with Gasteiger partial charge in [-0.2, -0.15) is 0 Å². The molecule has 5 N–H and O–H groups in total. The van der Waals surface area contributed by atoms with Crippen molar-refractivity contribution in [1.82, 2.24) is 5.32 Å². The van der Waals surface area contributed by atoms with E-state index in [4.69, 9.17) is 11.5 Å². The summed E-state index contributed by atoms with van der Waals surface area (Å²) >= 11 is 0. The van der Waals surface area contributed by atoms with Crippen LogP contribution in [0.2, 0.25) is 0 Å². The van der Waals surface area contributed by atoms with Crippen LogP contribution in [0.5, 0.6) is 0 Å². The Bertz CT molecular complexity index is 227. The fourth-order valence-corrected chi connectivity index (χ4v) is 0.641. The minimum Gasteiger partial charge on any atom is -0.400 e. The second-order valence-corrected chi connectivity index (χ2v) is 2.76. The molecule has 74 valence electrons. The summed E-state index contributed by atoms with van der Waals surface area (Å²) in [7, 11) is 0. The fourth-order valence-electron chi connectivity index (χ4n) is 0.641. The van der Waals surface area contributed by atoms with Crippen molar-refractivity contribution in [3.63, 3.8) is 0 Å². The van der Waals surface area contributed by atoms with Gasteiger partial charge < -0.3 is 16.8 Å². The molecule has 0 fully saturated rings. The van der Waals surface area contributed by atoms with Crippen molar-refractivity contribution in [3.05, 3.63) is 23.7 Å². The molecule has 4 nitrogen and oxygen atoms in total. The number of unbranched alkanes of at least 4 members (excludes halogenated alkanes) is 1. The molecule has 0 aliphatic rings. The molecule has 0 saturated carbocycles. The van der Waals surface area contributed by atoms with Gasteiger partial charge in [-0.1, -0.05) is 19.4 Å². The highest BCUT2D eigenvalue weighted by Gasteiger charge is 2.03. The lowest BCUT2D eigenvalue weighted by Crippen LogP contribution is -2.26. The minimum atomic E-state index is -0.354. The van der Waals surface area contributed by atoms with Gasteiger partial charge in [0.2, 0.25) is 0 Å². The predicted molar refractivity (Wildman–Crippen MR) is 53.3 cm³/mol. The van der Waals surface area contributed by atoms with Crippen LogP contribution in [0.25, 0.3) is 0 Å². The molecule has 0 heterocycles. The van der Waals surface area contributed by atoms with Gasteiger partial charge in [0.15, 0.2) is 0 Å². The van der Waals surface area contributed by atoms with Gasteiger partial charge in [-0.05, 0) is 13.3 Å². The minimum absolute atomic E-state index is 0.0705. The number of rotatable bonds is 4. The quantitative estimate of drug-likeness (QED) is 0.557. The number of allylic oxidation sites excluding steroid dienone is 2. The van der Waals surface area contributed by atoms with Gasteiger partial charge in [0.05, 0.1) is 0 Å². The average molecular weight is 183 g/mol. The number of nitrogens with two attached hydrogens (primary N) is 2. The number of carbonyl (C=O) groups excluding carboxylic acids is 1. The van der Waals surface area contributed by atoms with Crippen molar-refractivity contribution in [2.24, 2.45) is 11.5 Å². The van der Waals surface area contributed by atoms with Crippen LogP contribution in [0.3, 0.4) is 0 Å². The molecule has 0 aliphatic heterocycles. The van der Waals surface area contributed by atoms with E-state index in [1.165, 1.54) is 0 Å². The fraction of sp³-hybridized carbons (Fsp3) is 0.444. The van der Waals surface area contributed by atoms with Crippen LogP contribution >= 0.6 is 0 Å². The van der Waals surface area contributed by atoms with Crippen LogP contribution < -0.4 is 16.8 Å². The Balaban J connectivity index is 3.96. The second-order valence-electron chi connectivity index (χ2n) is 2.76. The standard InChI is InChI=1S/C9H17N3O/c1-3-4-5-6-12-9(13)8(11)7(2)10/h5-6H,3-4,10-11H2,1-2H3,(H,12,13)/b6-5+,8-7-. The zero-order chi connectivity index (χ0) is 10.3. The van der Waals surface area contributed by atoms with E-state index >= 15 is 0 Å². The van der Waals surface area contributed by atoms with E-state index in [0.29, 0.717) is 5.70 Å². The van der Waals surface area contributed by atoms with Crippen LogP contribution in [0.4, 0.5) is 0 Å². The third kappa shape index (κ3) is 4.90. The van der Waals surface area contributed by atoms with Crippen LogP contribution in [0, 0.1) is 0 Å². The van der Waals surface area contributed by atoms with Gasteiger partial charge in [-0.25, -0.2) is 0 Å². The van der Waals surface area contributed by atoms with Crippen molar-refractivity contribution in [2.75, 3.05) is 0 Å². The third-order valence-electron chi connectivity index (χ3n) is 1.46. The van der Waals surface area contributed by atoms with E-state index in [1.807, 2.05) is 6.08 Å². The normalized spacial score (nSPS) is 12.8. The molecule has 0 radical (unpaired) electrons. The van der Waals surface area contributed by atoms with E-state index in [-0.39, 0.29) is 11.6 Å². The first kappa shape index (κ1) is 11.6. The lowest BCUT2D eigenvalue weighted by atomic mass is 10.3. The Labute approximate surface area is 78.7 Å². The monoisotopic (exact) mass is 183 g/mol. The first-order chi connectivity index (χ1) is 6.09. The number of amides is 1. The summed E-state index contributed by atoms with van der Waals surface area (Å²) in [5.41, 5.74) is 11.1. The zero-order valence-electron chi connectivity index (χ0n) is 8.13. The highest BCUT2D eigenvalue weighted by atomic mass is 16.1. The molecule has 0 aromatic carbocycles. The molecule has 0 unspecified atom stereocenters. The zero-order valence-corrected chi connectivity index (χ0v) is 8.13. The molecular weight excluding hydrogens is 166 g/mol.